The van der Waals surface area contributed by atoms with Gasteiger partial charge in [-0.05, 0) is 49.8 Å². The molecule has 2 fully saturated rings. The van der Waals surface area contributed by atoms with Crippen molar-refractivity contribution in [1.29, 1.82) is 0 Å². The van der Waals surface area contributed by atoms with E-state index >= 15 is 0 Å². The fourth-order valence-corrected chi connectivity index (χ4v) is 6.07. The van der Waals surface area contributed by atoms with Crippen LogP contribution in [-0.2, 0) is 11.3 Å². The lowest BCUT2D eigenvalue weighted by atomic mass is 9.85. The summed E-state index contributed by atoms with van der Waals surface area (Å²) in [6.45, 7) is 5.98. The number of hydrogen-bond donors (Lipinski definition) is 4. The summed E-state index contributed by atoms with van der Waals surface area (Å²) in [6, 6.07) is 4.45. The Bertz CT molecular complexity index is 1580. The van der Waals surface area contributed by atoms with Crippen LogP contribution in [0.15, 0.2) is 18.2 Å². The van der Waals surface area contributed by atoms with E-state index in [1.165, 1.54) is 6.07 Å². The van der Waals surface area contributed by atoms with Crippen LogP contribution in [0.2, 0.25) is 10.0 Å². The minimum Gasteiger partial charge on any atom is -0.353 e. The molecule has 15 heteroatoms. The first-order chi connectivity index (χ1) is 21.1. The summed E-state index contributed by atoms with van der Waals surface area (Å²) in [4.78, 5) is 39.7. The maximum atomic E-state index is 14.2. The van der Waals surface area contributed by atoms with Crippen molar-refractivity contribution in [3.05, 3.63) is 39.4 Å². The van der Waals surface area contributed by atoms with E-state index < -0.39 is 35.6 Å². The maximum Gasteiger partial charge on any atom is 0.391 e. The molecule has 3 heterocycles. The molecule has 1 aliphatic carbocycles. The Kier molecular flexibility index (Phi) is 9.42. The van der Waals surface area contributed by atoms with Gasteiger partial charge in [-0.3, -0.25) is 9.59 Å². The maximum absolute atomic E-state index is 14.2. The Labute approximate surface area is 267 Å². The van der Waals surface area contributed by atoms with Gasteiger partial charge in [0.2, 0.25) is 11.9 Å². The molecule has 2 aliphatic rings. The number of aromatic nitrogens is 3. The van der Waals surface area contributed by atoms with E-state index in [-0.39, 0.29) is 73.5 Å². The first-order valence-electron chi connectivity index (χ1n) is 14.8. The highest BCUT2D eigenvalue weighted by Crippen LogP contribution is 2.38. The topological polar surface area (TPSA) is 115 Å². The molecule has 0 spiro atoms. The molecule has 9 nitrogen and oxygen atoms in total. The van der Waals surface area contributed by atoms with Crippen molar-refractivity contribution in [3.63, 3.8) is 0 Å². The van der Waals surface area contributed by atoms with E-state index in [1.54, 1.807) is 37.8 Å². The molecule has 1 atom stereocenters. The molecular formula is C30H35Cl2F4N7O2. The minimum absolute atomic E-state index is 0.0540. The summed E-state index contributed by atoms with van der Waals surface area (Å²) in [5.74, 6) is -1.55. The summed E-state index contributed by atoms with van der Waals surface area (Å²) in [6.07, 6.45) is -4.76. The minimum atomic E-state index is -4.25. The number of rotatable bonds is 7. The molecular weight excluding hydrogens is 637 g/mol. The summed E-state index contributed by atoms with van der Waals surface area (Å²) < 4.78 is 53.6. The second kappa shape index (κ2) is 12.8. The molecule has 4 N–H and O–H groups in total. The second-order valence-electron chi connectivity index (χ2n) is 12.7. The molecule has 244 valence electrons. The van der Waals surface area contributed by atoms with E-state index in [2.05, 4.69) is 30.9 Å². The summed E-state index contributed by atoms with van der Waals surface area (Å²) >= 11 is 13.1. The fraction of sp³-hybridized carbons (Fsp3) is 0.533. The zero-order valence-electron chi connectivity index (χ0n) is 25.0. The lowest BCUT2D eigenvalue weighted by molar-refractivity contribution is -0.182. The first-order valence-corrected chi connectivity index (χ1v) is 15.5. The highest BCUT2D eigenvalue weighted by Gasteiger charge is 2.41. The Morgan fingerprint density at radius 1 is 1.07 bits per heavy atom. The number of hydrogen-bond acceptors (Lipinski definition) is 6. The largest absolute Gasteiger partial charge is 0.391 e. The molecule has 2 amide bonds. The van der Waals surface area contributed by atoms with Gasteiger partial charge in [-0.1, -0.05) is 50.0 Å². The zero-order valence-corrected chi connectivity index (χ0v) is 26.6. The predicted octanol–water partition coefficient (Wildman–Crippen LogP) is 7.07. The summed E-state index contributed by atoms with van der Waals surface area (Å²) in [5, 5.41) is 9.35. The van der Waals surface area contributed by atoms with Crippen LogP contribution < -0.4 is 20.9 Å². The number of nitrogens with one attached hydrogen (secondary N) is 4. The normalized spacial score (nSPS) is 20.8. The van der Waals surface area contributed by atoms with Crippen LogP contribution in [0.4, 0.5) is 35.0 Å². The monoisotopic (exact) mass is 671 g/mol. The van der Waals surface area contributed by atoms with Gasteiger partial charge < -0.3 is 25.8 Å². The van der Waals surface area contributed by atoms with Crippen molar-refractivity contribution >= 4 is 63.6 Å². The Balaban J connectivity index is 1.39. The number of anilines is 3. The van der Waals surface area contributed by atoms with Gasteiger partial charge in [-0.25, -0.2) is 14.4 Å². The standard InChI is InChI=1S/C30H35Cl2F4N7O2/c1-29(2,3)27(45)37-13-15-4-9-20(31)23(22(15)32)40-28-39-21-12-19(25(41-24(21)42-28)43-11-10-17(33)14-43)26(44)38-18-7-5-16(6-8-18)30(34,35)36/h4,9,12,16-18H,5-8,10-11,13-14H2,1-3H3,(H,37,45)(H,38,44)(H2,39,40,41,42)/t16?,17-,18?/m0/s1. The number of halogens is 6. The molecule has 3 aromatic rings. The van der Waals surface area contributed by atoms with E-state index in [9.17, 15) is 27.2 Å². The molecule has 45 heavy (non-hydrogen) atoms. The van der Waals surface area contributed by atoms with Crippen LogP contribution in [0.1, 0.15) is 68.8 Å². The van der Waals surface area contributed by atoms with Crippen molar-refractivity contribution in [2.75, 3.05) is 23.3 Å². The number of nitrogens with zero attached hydrogens (tertiary/aromatic N) is 3. The van der Waals surface area contributed by atoms with Crippen LogP contribution >= 0.6 is 23.2 Å². The van der Waals surface area contributed by atoms with E-state index in [1.807, 2.05) is 0 Å². The van der Waals surface area contributed by atoms with Gasteiger partial charge >= 0.3 is 6.18 Å². The lowest BCUT2D eigenvalue weighted by Crippen LogP contribution is -2.40. The summed E-state index contributed by atoms with van der Waals surface area (Å²) in [5.41, 5.74) is 1.17. The van der Waals surface area contributed by atoms with Gasteiger partial charge in [0.25, 0.3) is 5.91 Å². The zero-order chi connectivity index (χ0) is 32.7. The fourth-order valence-electron chi connectivity index (χ4n) is 5.54. The Morgan fingerprint density at radius 3 is 2.40 bits per heavy atom. The van der Waals surface area contributed by atoms with Crippen molar-refractivity contribution < 1.29 is 27.2 Å². The van der Waals surface area contributed by atoms with Gasteiger partial charge in [0.1, 0.15) is 17.5 Å². The smallest absolute Gasteiger partial charge is 0.353 e. The number of alkyl halides is 4. The van der Waals surface area contributed by atoms with Gasteiger partial charge in [0, 0.05) is 24.5 Å². The SMILES string of the molecule is CC(C)(C)C(=O)NCc1ccc(Cl)c(Nc2nc3cc(C(=O)NC4CCC(C(F)(F)F)CC4)c(N4CC[C@H](F)C4)nc3[nH]2)c1Cl. The van der Waals surface area contributed by atoms with Gasteiger partial charge in [-0.2, -0.15) is 13.2 Å². The highest BCUT2D eigenvalue weighted by atomic mass is 35.5. The van der Waals surface area contributed by atoms with Crippen LogP contribution in [0, 0.1) is 11.3 Å². The number of imidazole rings is 1. The van der Waals surface area contributed by atoms with Gasteiger partial charge in [0.15, 0.2) is 5.65 Å². The number of amides is 2. The number of carbonyl (C=O) groups is 2. The van der Waals surface area contributed by atoms with E-state index in [4.69, 9.17) is 23.2 Å². The summed E-state index contributed by atoms with van der Waals surface area (Å²) in [7, 11) is 0. The second-order valence-corrected chi connectivity index (χ2v) is 13.4. The van der Waals surface area contributed by atoms with Gasteiger partial charge in [-0.15, -0.1) is 0 Å². The molecule has 1 saturated carbocycles. The number of carbonyl (C=O) groups excluding carboxylic acids is 2. The third kappa shape index (κ3) is 7.57. The molecule has 2 aromatic heterocycles. The molecule has 1 aliphatic heterocycles. The number of benzene rings is 1. The number of aromatic amines is 1. The number of pyridine rings is 1. The van der Waals surface area contributed by atoms with Crippen molar-refractivity contribution in [2.45, 2.75) is 77.8 Å². The quantitative estimate of drug-likeness (QED) is 0.200. The molecule has 5 rings (SSSR count). The number of fused-ring (bicyclic) bond motifs is 1. The lowest BCUT2D eigenvalue weighted by Gasteiger charge is -2.30. The molecule has 0 unspecified atom stereocenters. The Hall–Kier alpha value is -3.32. The average Bonchev–Trinajstić information content (AvgIpc) is 3.58. The van der Waals surface area contributed by atoms with Gasteiger partial charge in [0.05, 0.1) is 33.8 Å². The highest BCUT2D eigenvalue weighted by molar-refractivity contribution is 6.39. The molecule has 0 radical (unpaired) electrons. The van der Waals surface area contributed by atoms with Crippen molar-refractivity contribution in [2.24, 2.45) is 11.3 Å². The predicted molar refractivity (Wildman–Crippen MR) is 166 cm³/mol. The Morgan fingerprint density at radius 2 is 1.78 bits per heavy atom. The van der Waals surface area contributed by atoms with Crippen LogP contribution in [0.5, 0.6) is 0 Å². The average molecular weight is 673 g/mol. The number of H-pyrrole nitrogens is 1. The first kappa shape index (κ1) is 33.1. The third-order valence-electron chi connectivity index (χ3n) is 8.19. The van der Waals surface area contributed by atoms with Crippen molar-refractivity contribution in [3.8, 4) is 0 Å². The molecule has 0 bridgehead atoms. The van der Waals surface area contributed by atoms with Crippen LogP contribution in [0.3, 0.4) is 0 Å². The van der Waals surface area contributed by atoms with Crippen molar-refractivity contribution in [1.82, 2.24) is 25.6 Å². The van der Waals surface area contributed by atoms with Crippen LogP contribution in [0.25, 0.3) is 11.2 Å². The van der Waals surface area contributed by atoms with Crippen LogP contribution in [-0.4, -0.2) is 58.2 Å². The molecule has 1 saturated heterocycles. The third-order valence-corrected chi connectivity index (χ3v) is 8.93. The van der Waals surface area contributed by atoms with E-state index in [0.29, 0.717) is 34.0 Å². The van der Waals surface area contributed by atoms with E-state index in [0.717, 1.165) is 0 Å². The molecule has 1 aromatic carbocycles.